The molecule has 1 unspecified atom stereocenters. The molecule has 3 rings (SSSR count). The van der Waals surface area contributed by atoms with Crippen LogP contribution in [0, 0.1) is 10.1 Å². The lowest BCUT2D eigenvalue weighted by Gasteiger charge is -2.21. The van der Waals surface area contributed by atoms with Gasteiger partial charge in [-0.15, -0.1) is 0 Å². The number of hydrogen-bond acceptors (Lipinski definition) is 5. The molecule has 8 nitrogen and oxygen atoms in total. The van der Waals surface area contributed by atoms with E-state index in [1.807, 2.05) is 0 Å². The Labute approximate surface area is 142 Å². The van der Waals surface area contributed by atoms with E-state index in [4.69, 9.17) is 0 Å². The smallest absolute Gasteiger partial charge is 0.347 e. The number of aromatic nitrogens is 1. The van der Waals surface area contributed by atoms with Gasteiger partial charge in [0.2, 0.25) is 0 Å². The third-order valence-corrected chi connectivity index (χ3v) is 5.29. The maximum absolute atomic E-state index is 11.7. The summed E-state index contributed by atoms with van der Waals surface area (Å²) in [7, 11) is -4.44. The van der Waals surface area contributed by atoms with Crippen molar-refractivity contribution in [3.05, 3.63) is 52.6 Å². The summed E-state index contributed by atoms with van der Waals surface area (Å²) in [6, 6.07) is 11.5. The number of nitrogens with zero attached hydrogens (tertiary/aromatic N) is 2. The Hall–Kier alpha value is -2.54. The predicted molar refractivity (Wildman–Crippen MR) is 95.6 cm³/mol. The number of nitro groups is 1. The Bertz CT molecular complexity index is 1020. The third-order valence-electron chi connectivity index (χ3n) is 3.99. The third kappa shape index (κ3) is 3.19. The van der Waals surface area contributed by atoms with Gasteiger partial charge < -0.3 is 15.1 Å². The van der Waals surface area contributed by atoms with Crippen LogP contribution in [-0.2, 0) is 4.57 Å². The van der Waals surface area contributed by atoms with Crippen LogP contribution in [0.1, 0.15) is 13.3 Å². The molecular weight excluding hydrogens is 345 g/mol. The average molecular weight is 361 g/mol. The summed E-state index contributed by atoms with van der Waals surface area (Å²) < 4.78 is 11.7. The molecule has 0 saturated heterocycles. The lowest BCUT2D eigenvalue weighted by atomic mass is 10.1. The lowest BCUT2D eigenvalue weighted by molar-refractivity contribution is -0.383. The molecule has 9 heteroatoms. The van der Waals surface area contributed by atoms with E-state index in [-0.39, 0.29) is 17.5 Å². The zero-order chi connectivity index (χ0) is 18.2. The van der Waals surface area contributed by atoms with Gasteiger partial charge in [0, 0.05) is 11.5 Å². The number of nitro benzene ring substituents is 1. The number of anilines is 1. The second kappa shape index (κ2) is 6.40. The van der Waals surface area contributed by atoms with Gasteiger partial charge in [0.1, 0.15) is 11.2 Å². The molecule has 0 fully saturated rings. The molecule has 3 aromatic rings. The van der Waals surface area contributed by atoms with Crippen LogP contribution < -0.4 is 5.32 Å². The molecule has 0 bridgehead atoms. The first-order valence-corrected chi connectivity index (χ1v) is 9.28. The van der Waals surface area contributed by atoms with Crippen molar-refractivity contribution in [2.75, 3.05) is 5.32 Å². The van der Waals surface area contributed by atoms with Crippen molar-refractivity contribution in [3.63, 3.8) is 0 Å². The first-order valence-electron chi connectivity index (χ1n) is 7.60. The SMILES string of the molecule is CCC(Nc1c2ccccc2nc2cccc([N+](=O)[O-])c12)P(=O)(O)O. The van der Waals surface area contributed by atoms with Gasteiger partial charge in [-0.1, -0.05) is 31.2 Å². The molecule has 0 aliphatic rings. The number of rotatable bonds is 5. The highest BCUT2D eigenvalue weighted by Gasteiger charge is 2.29. The van der Waals surface area contributed by atoms with Gasteiger partial charge in [0.15, 0.2) is 0 Å². The number of nitrogens with one attached hydrogen (secondary N) is 1. The van der Waals surface area contributed by atoms with Crippen molar-refractivity contribution in [2.24, 2.45) is 0 Å². The summed E-state index contributed by atoms with van der Waals surface area (Å²) in [4.78, 5) is 34.5. The number of non-ortho nitro benzene ring substituents is 1. The van der Waals surface area contributed by atoms with Crippen molar-refractivity contribution in [2.45, 2.75) is 19.1 Å². The number of para-hydroxylation sites is 1. The van der Waals surface area contributed by atoms with Gasteiger partial charge in [-0.05, 0) is 18.6 Å². The van der Waals surface area contributed by atoms with E-state index >= 15 is 0 Å². The largest absolute Gasteiger partial charge is 0.370 e. The van der Waals surface area contributed by atoms with Crippen LogP contribution in [0.5, 0.6) is 0 Å². The Morgan fingerprint density at radius 3 is 2.52 bits per heavy atom. The lowest BCUT2D eigenvalue weighted by Crippen LogP contribution is -2.19. The zero-order valence-corrected chi connectivity index (χ0v) is 14.2. The van der Waals surface area contributed by atoms with Gasteiger partial charge in [-0.2, -0.15) is 0 Å². The monoisotopic (exact) mass is 361 g/mol. The Kier molecular flexibility index (Phi) is 4.43. The Morgan fingerprint density at radius 2 is 1.88 bits per heavy atom. The van der Waals surface area contributed by atoms with Gasteiger partial charge >= 0.3 is 7.60 Å². The maximum atomic E-state index is 11.7. The minimum absolute atomic E-state index is 0.156. The van der Waals surface area contributed by atoms with Crippen molar-refractivity contribution >= 4 is 40.8 Å². The van der Waals surface area contributed by atoms with Gasteiger partial charge in [-0.25, -0.2) is 4.98 Å². The normalized spacial score (nSPS) is 13.1. The summed E-state index contributed by atoms with van der Waals surface area (Å²) in [5.41, 5.74) is 1.11. The molecule has 0 saturated carbocycles. The molecule has 0 amide bonds. The molecule has 1 aromatic heterocycles. The highest BCUT2D eigenvalue weighted by molar-refractivity contribution is 7.52. The number of benzene rings is 2. The number of hydrogen-bond donors (Lipinski definition) is 3. The van der Waals surface area contributed by atoms with Gasteiger partial charge in [0.25, 0.3) is 5.69 Å². The Morgan fingerprint density at radius 1 is 1.20 bits per heavy atom. The molecule has 130 valence electrons. The molecule has 25 heavy (non-hydrogen) atoms. The van der Waals surface area contributed by atoms with Gasteiger partial charge in [0.05, 0.1) is 21.6 Å². The van der Waals surface area contributed by atoms with E-state index in [0.717, 1.165) is 0 Å². The van der Waals surface area contributed by atoms with Crippen molar-refractivity contribution < 1.29 is 19.3 Å². The van der Waals surface area contributed by atoms with E-state index in [0.29, 0.717) is 22.1 Å². The maximum Gasteiger partial charge on any atom is 0.347 e. The van der Waals surface area contributed by atoms with Crippen LogP contribution in [-0.4, -0.2) is 25.5 Å². The van der Waals surface area contributed by atoms with Crippen LogP contribution in [0.15, 0.2) is 42.5 Å². The molecule has 2 aromatic carbocycles. The summed E-state index contributed by atoms with van der Waals surface area (Å²) in [5, 5.41) is 15.1. The summed E-state index contributed by atoms with van der Waals surface area (Å²) >= 11 is 0. The highest BCUT2D eigenvalue weighted by atomic mass is 31.2. The Balaban J connectivity index is 2.38. The first kappa shape index (κ1) is 17.3. The van der Waals surface area contributed by atoms with Crippen molar-refractivity contribution in [1.82, 2.24) is 4.98 Å². The molecule has 3 N–H and O–H groups in total. The average Bonchev–Trinajstić information content (AvgIpc) is 2.56. The highest BCUT2D eigenvalue weighted by Crippen LogP contribution is 2.45. The number of fused-ring (bicyclic) bond motifs is 2. The van der Waals surface area contributed by atoms with E-state index in [2.05, 4.69) is 10.3 Å². The molecule has 0 aliphatic carbocycles. The standard InChI is InChI=1S/C16H16N3O5P/c1-2-14(25(22,23)24)18-16-10-6-3-4-7-11(10)17-12-8-5-9-13(15(12)16)19(20)21/h3-9,14H,2H2,1H3,(H,17,18)(H2,22,23,24). The van der Waals surface area contributed by atoms with E-state index in [1.165, 1.54) is 12.1 Å². The topological polar surface area (TPSA) is 126 Å². The van der Waals surface area contributed by atoms with E-state index < -0.39 is 18.3 Å². The van der Waals surface area contributed by atoms with Crippen LogP contribution >= 0.6 is 7.60 Å². The van der Waals surface area contributed by atoms with Crippen LogP contribution in [0.25, 0.3) is 21.8 Å². The van der Waals surface area contributed by atoms with Crippen molar-refractivity contribution in [1.29, 1.82) is 0 Å². The second-order valence-corrected chi connectivity index (χ2v) is 7.39. The molecule has 1 atom stereocenters. The van der Waals surface area contributed by atoms with Crippen molar-refractivity contribution in [3.8, 4) is 0 Å². The summed E-state index contributed by atoms with van der Waals surface area (Å²) in [5.74, 6) is -1.15. The predicted octanol–water partition coefficient (Wildman–Crippen LogP) is 3.62. The minimum Gasteiger partial charge on any atom is -0.370 e. The molecule has 1 heterocycles. The van der Waals surface area contributed by atoms with E-state index in [9.17, 15) is 24.5 Å². The van der Waals surface area contributed by atoms with Crippen LogP contribution in [0.3, 0.4) is 0 Å². The molecule has 0 aliphatic heterocycles. The fourth-order valence-corrected chi connectivity index (χ4v) is 3.59. The zero-order valence-electron chi connectivity index (χ0n) is 13.3. The fraction of sp³-hybridized carbons (Fsp3) is 0.188. The quantitative estimate of drug-likeness (QED) is 0.274. The van der Waals surface area contributed by atoms with Gasteiger partial charge in [-0.3, -0.25) is 14.7 Å². The van der Waals surface area contributed by atoms with Crippen LogP contribution in [0.2, 0.25) is 0 Å². The molecule has 0 radical (unpaired) electrons. The first-order chi connectivity index (χ1) is 11.8. The minimum atomic E-state index is -4.44. The van der Waals surface area contributed by atoms with E-state index in [1.54, 1.807) is 37.3 Å². The molecular formula is C16H16N3O5P. The molecule has 0 spiro atoms. The summed E-state index contributed by atoms with van der Waals surface area (Å²) in [6.45, 7) is 1.64. The number of pyridine rings is 1. The summed E-state index contributed by atoms with van der Waals surface area (Å²) in [6.07, 6.45) is 0.156. The second-order valence-electron chi connectivity index (χ2n) is 5.59. The fourth-order valence-electron chi connectivity index (χ4n) is 2.82. The van der Waals surface area contributed by atoms with Crippen LogP contribution in [0.4, 0.5) is 11.4 Å².